The van der Waals surface area contributed by atoms with Gasteiger partial charge >= 0.3 is 0 Å². The highest BCUT2D eigenvalue weighted by atomic mass is 16.5. The zero-order valence-corrected chi connectivity index (χ0v) is 15.1. The SMILES string of the molecule is CCc1cccc(OCC(=O)Nc2ccc(N=Nc3ccccc3)cc2)c1. The van der Waals surface area contributed by atoms with E-state index in [9.17, 15) is 4.79 Å². The van der Waals surface area contributed by atoms with Gasteiger partial charge in [0.15, 0.2) is 6.61 Å². The number of hydrogen-bond donors (Lipinski definition) is 1. The number of carbonyl (C=O) groups excluding carboxylic acids is 1. The molecule has 1 N–H and O–H groups in total. The Labute approximate surface area is 158 Å². The summed E-state index contributed by atoms with van der Waals surface area (Å²) in [5.41, 5.74) is 3.36. The smallest absolute Gasteiger partial charge is 0.262 e. The van der Waals surface area contributed by atoms with Gasteiger partial charge in [0.1, 0.15) is 5.75 Å². The molecule has 1 amide bonds. The molecular weight excluding hydrogens is 338 g/mol. The minimum Gasteiger partial charge on any atom is -0.484 e. The third kappa shape index (κ3) is 5.78. The molecule has 0 saturated carbocycles. The molecule has 0 radical (unpaired) electrons. The minimum absolute atomic E-state index is 0.0391. The molecule has 5 heteroatoms. The Morgan fingerprint density at radius 2 is 1.59 bits per heavy atom. The molecule has 0 spiro atoms. The summed E-state index contributed by atoms with van der Waals surface area (Å²) in [7, 11) is 0. The van der Waals surface area contributed by atoms with Gasteiger partial charge in [-0.05, 0) is 60.5 Å². The van der Waals surface area contributed by atoms with Crippen LogP contribution in [0.25, 0.3) is 0 Å². The lowest BCUT2D eigenvalue weighted by Gasteiger charge is -2.08. The van der Waals surface area contributed by atoms with Crippen molar-refractivity contribution in [3.05, 3.63) is 84.4 Å². The fraction of sp³-hybridized carbons (Fsp3) is 0.136. The van der Waals surface area contributed by atoms with E-state index in [1.807, 2.05) is 54.6 Å². The van der Waals surface area contributed by atoms with Gasteiger partial charge in [0.2, 0.25) is 0 Å². The zero-order chi connectivity index (χ0) is 18.9. The van der Waals surface area contributed by atoms with E-state index in [4.69, 9.17) is 4.74 Å². The summed E-state index contributed by atoms with van der Waals surface area (Å²) >= 11 is 0. The number of aryl methyl sites for hydroxylation is 1. The predicted octanol–water partition coefficient (Wildman–Crippen LogP) is 5.68. The molecular formula is C22H21N3O2. The van der Waals surface area contributed by atoms with E-state index in [0.717, 1.165) is 12.1 Å². The third-order valence-electron chi connectivity index (χ3n) is 3.86. The maximum Gasteiger partial charge on any atom is 0.262 e. The Hall–Kier alpha value is -3.47. The van der Waals surface area contributed by atoms with E-state index in [0.29, 0.717) is 17.1 Å². The molecule has 0 fully saturated rings. The molecule has 0 unspecified atom stereocenters. The second-order valence-electron chi connectivity index (χ2n) is 5.92. The highest BCUT2D eigenvalue weighted by Gasteiger charge is 2.04. The summed E-state index contributed by atoms with van der Waals surface area (Å²) in [6, 6.07) is 24.4. The Morgan fingerprint density at radius 1 is 0.889 bits per heavy atom. The van der Waals surface area contributed by atoms with Crippen LogP contribution in [0.2, 0.25) is 0 Å². The average Bonchev–Trinajstić information content (AvgIpc) is 2.73. The van der Waals surface area contributed by atoms with Crippen molar-refractivity contribution >= 4 is 23.0 Å². The highest BCUT2D eigenvalue weighted by molar-refractivity contribution is 5.92. The van der Waals surface area contributed by atoms with Crippen LogP contribution < -0.4 is 10.1 Å². The molecule has 136 valence electrons. The van der Waals surface area contributed by atoms with Gasteiger partial charge in [-0.25, -0.2) is 0 Å². The molecule has 27 heavy (non-hydrogen) atoms. The highest BCUT2D eigenvalue weighted by Crippen LogP contribution is 2.20. The van der Waals surface area contributed by atoms with Crippen LogP contribution in [0.15, 0.2) is 89.1 Å². The fourth-order valence-electron chi connectivity index (χ4n) is 2.42. The van der Waals surface area contributed by atoms with Gasteiger partial charge < -0.3 is 10.1 Å². The molecule has 0 aromatic heterocycles. The van der Waals surface area contributed by atoms with Crippen molar-refractivity contribution in [1.82, 2.24) is 0 Å². The molecule has 3 aromatic carbocycles. The number of rotatable bonds is 7. The van der Waals surface area contributed by atoms with Crippen LogP contribution in [-0.4, -0.2) is 12.5 Å². The van der Waals surface area contributed by atoms with Crippen molar-refractivity contribution in [1.29, 1.82) is 0 Å². The van der Waals surface area contributed by atoms with Gasteiger partial charge in [-0.15, -0.1) is 0 Å². The van der Waals surface area contributed by atoms with E-state index in [1.165, 1.54) is 5.56 Å². The van der Waals surface area contributed by atoms with Gasteiger partial charge in [-0.3, -0.25) is 4.79 Å². The normalized spacial score (nSPS) is 10.7. The van der Waals surface area contributed by atoms with Crippen molar-refractivity contribution in [2.24, 2.45) is 10.2 Å². The molecule has 0 aliphatic carbocycles. The lowest BCUT2D eigenvalue weighted by Crippen LogP contribution is -2.20. The minimum atomic E-state index is -0.212. The number of amides is 1. The fourth-order valence-corrected chi connectivity index (χ4v) is 2.42. The van der Waals surface area contributed by atoms with Crippen molar-refractivity contribution in [3.8, 4) is 5.75 Å². The van der Waals surface area contributed by atoms with Gasteiger partial charge in [0.05, 0.1) is 11.4 Å². The summed E-state index contributed by atoms with van der Waals surface area (Å²) in [4.78, 5) is 12.1. The Morgan fingerprint density at radius 3 is 2.30 bits per heavy atom. The van der Waals surface area contributed by atoms with Crippen molar-refractivity contribution in [2.45, 2.75) is 13.3 Å². The number of nitrogens with one attached hydrogen (secondary N) is 1. The van der Waals surface area contributed by atoms with Crippen LogP contribution in [0, 0.1) is 0 Å². The number of ether oxygens (including phenoxy) is 1. The molecule has 0 saturated heterocycles. The molecule has 0 bridgehead atoms. The summed E-state index contributed by atoms with van der Waals surface area (Å²) in [6.07, 6.45) is 0.928. The summed E-state index contributed by atoms with van der Waals surface area (Å²) in [5.74, 6) is 0.483. The van der Waals surface area contributed by atoms with Crippen LogP contribution in [0.1, 0.15) is 12.5 Å². The lowest BCUT2D eigenvalue weighted by atomic mass is 10.2. The molecule has 0 atom stereocenters. The Balaban J connectivity index is 1.51. The number of benzene rings is 3. The van der Waals surface area contributed by atoms with Crippen molar-refractivity contribution < 1.29 is 9.53 Å². The molecule has 0 aliphatic heterocycles. The second-order valence-corrected chi connectivity index (χ2v) is 5.92. The quantitative estimate of drug-likeness (QED) is 0.551. The lowest BCUT2D eigenvalue weighted by molar-refractivity contribution is -0.118. The first kappa shape index (κ1) is 18.3. The molecule has 3 rings (SSSR count). The van der Waals surface area contributed by atoms with E-state index < -0.39 is 0 Å². The molecule has 3 aromatic rings. The van der Waals surface area contributed by atoms with E-state index in [-0.39, 0.29) is 12.5 Å². The van der Waals surface area contributed by atoms with Gasteiger partial charge in [0.25, 0.3) is 5.91 Å². The summed E-state index contributed by atoms with van der Waals surface area (Å²) in [5, 5.41) is 11.1. The second kappa shape index (κ2) is 9.29. The van der Waals surface area contributed by atoms with Crippen LogP contribution in [0.3, 0.4) is 0 Å². The Kier molecular flexibility index (Phi) is 6.30. The first-order valence-corrected chi connectivity index (χ1v) is 8.81. The molecule has 5 nitrogen and oxygen atoms in total. The van der Waals surface area contributed by atoms with Gasteiger partial charge in [-0.2, -0.15) is 10.2 Å². The van der Waals surface area contributed by atoms with Crippen molar-refractivity contribution in [2.75, 3.05) is 11.9 Å². The van der Waals surface area contributed by atoms with Crippen LogP contribution in [0.5, 0.6) is 5.75 Å². The largest absolute Gasteiger partial charge is 0.484 e. The number of azo groups is 1. The third-order valence-corrected chi connectivity index (χ3v) is 3.86. The average molecular weight is 359 g/mol. The zero-order valence-electron chi connectivity index (χ0n) is 15.1. The van der Waals surface area contributed by atoms with Crippen LogP contribution in [0.4, 0.5) is 17.1 Å². The Bertz CT molecular complexity index is 906. The maximum absolute atomic E-state index is 12.1. The monoisotopic (exact) mass is 359 g/mol. The van der Waals surface area contributed by atoms with Gasteiger partial charge in [-0.1, -0.05) is 37.3 Å². The van der Waals surface area contributed by atoms with Crippen LogP contribution >= 0.6 is 0 Å². The maximum atomic E-state index is 12.1. The topological polar surface area (TPSA) is 63.0 Å². The molecule has 0 aliphatic rings. The standard InChI is InChI=1S/C22H21N3O2/c1-2-17-7-6-10-21(15-17)27-16-22(26)23-18-11-13-20(14-12-18)25-24-19-8-4-3-5-9-19/h3-15H,2,16H2,1H3,(H,23,26). The number of hydrogen-bond acceptors (Lipinski definition) is 4. The van der Waals surface area contributed by atoms with Gasteiger partial charge in [0, 0.05) is 5.69 Å². The van der Waals surface area contributed by atoms with E-state index in [2.05, 4.69) is 22.5 Å². The molecule has 0 heterocycles. The van der Waals surface area contributed by atoms with Crippen molar-refractivity contribution in [3.63, 3.8) is 0 Å². The van der Waals surface area contributed by atoms with E-state index >= 15 is 0 Å². The summed E-state index contributed by atoms with van der Waals surface area (Å²) < 4.78 is 5.55. The number of nitrogens with zero attached hydrogens (tertiary/aromatic N) is 2. The van der Waals surface area contributed by atoms with E-state index in [1.54, 1.807) is 24.3 Å². The van der Waals surface area contributed by atoms with Crippen LogP contribution in [-0.2, 0) is 11.2 Å². The number of anilines is 1. The first-order valence-electron chi connectivity index (χ1n) is 8.81. The number of carbonyl (C=O) groups is 1. The summed E-state index contributed by atoms with van der Waals surface area (Å²) in [6.45, 7) is 2.04. The predicted molar refractivity (Wildman–Crippen MR) is 107 cm³/mol. The first-order chi connectivity index (χ1) is 13.2.